The summed E-state index contributed by atoms with van der Waals surface area (Å²) in [5.41, 5.74) is 2.85. The molecule has 0 spiro atoms. The standard InChI is InChI=1S/C18H31NO3.C2H6.CH2O/c1-15(2)21-13-12-18(3,4)19-17(20)14-22-16-10-8-6-5-7-9-11-16;2*1-2/h5,9,15-16H,6,8,10-14H2,1-4H3,(H,19,20);1-2H3;1H2. The minimum absolute atomic E-state index is 0.0591. The fourth-order valence-corrected chi connectivity index (χ4v) is 2.30. The molecule has 0 aromatic carbocycles. The average Bonchev–Trinajstić information content (AvgIpc) is 2.56. The molecule has 1 aliphatic rings. The highest BCUT2D eigenvalue weighted by molar-refractivity contribution is 5.77. The molecule has 1 N–H and O–H groups in total. The molecule has 5 heteroatoms. The van der Waals surface area contributed by atoms with Gasteiger partial charge in [-0.2, -0.15) is 0 Å². The van der Waals surface area contributed by atoms with Crippen LogP contribution in [-0.2, 0) is 19.1 Å². The van der Waals surface area contributed by atoms with Gasteiger partial charge in [0.25, 0.3) is 0 Å². The second-order valence-electron chi connectivity index (χ2n) is 6.78. The highest BCUT2D eigenvalue weighted by Crippen LogP contribution is 2.13. The number of hydrogen-bond donors (Lipinski definition) is 1. The molecule has 1 rings (SSSR count). The summed E-state index contributed by atoms with van der Waals surface area (Å²) in [7, 11) is 0. The van der Waals surface area contributed by atoms with Crippen molar-refractivity contribution in [2.75, 3.05) is 13.2 Å². The maximum Gasteiger partial charge on any atom is 0.246 e. The molecule has 0 saturated heterocycles. The van der Waals surface area contributed by atoms with Crippen molar-refractivity contribution in [3.63, 3.8) is 0 Å². The molecule has 0 saturated carbocycles. The molecule has 152 valence electrons. The number of nitrogens with one attached hydrogen (secondary N) is 1. The van der Waals surface area contributed by atoms with Crippen molar-refractivity contribution in [3.05, 3.63) is 17.9 Å². The van der Waals surface area contributed by atoms with E-state index in [0.29, 0.717) is 6.61 Å². The third-order valence-corrected chi connectivity index (χ3v) is 3.60. The first-order valence-corrected chi connectivity index (χ1v) is 9.61. The SMILES string of the molecule is C=O.CC.CC(C)OCCC(C)(C)NC(=O)COC1CC=C=CCCC1. The molecule has 0 aromatic rings. The highest BCUT2D eigenvalue weighted by atomic mass is 16.5. The molecule has 0 radical (unpaired) electrons. The normalized spacial score (nSPS) is 16.5. The molecule has 0 fully saturated rings. The van der Waals surface area contributed by atoms with Gasteiger partial charge >= 0.3 is 0 Å². The van der Waals surface area contributed by atoms with Crippen LogP contribution in [0.25, 0.3) is 0 Å². The smallest absolute Gasteiger partial charge is 0.246 e. The predicted molar refractivity (Wildman–Crippen MR) is 107 cm³/mol. The van der Waals surface area contributed by atoms with Gasteiger partial charge < -0.3 is 19.6 Å². The lowest BCUT2D eigenvalue weighted by molar-refractivity contribution is -0.129. The molecule has 0 aliphatic heterocycles. The van der Waals surface area contributed by atoms with Gasteiger partial charge in [-0.25, -0.2) is 0 Å². The van der Waals surface area contributed by atoms with E-state index in [4.69, 9.17) is 14.3 Å². The first-order valence-electron chi connectivity index (χ1n) is 9.61. The van der Waals surface area contributed by atoms with Gasteiger partial charge in [0, 0.05) is 12.1 Å². The molecule has 1 atom stereocenters. The van der Waals surface area contributed by atoms with E-state index in [1.165, 1.54) is 0 Å². The molecule has 26 heavy (non-hydrogen) atoms. The quantitative estimate of drug-likeness (QED) is 0.651. The van der Waals surface area contributed by atoms with E-state index < -0.39 is 0 Å². The molecule has 5 nitrogen and oxygen atoms in total. The summed E-state index contributed by atoms with van der Waals surface area (Å²) in [6.45, 7) is 14.8. The van der Waals surface area contributed by atoms with Crippen LogP contribution < -0.4 is 5.32 Å². The largest absolute Gasteiger partial charge is 0.379 e. The lowest BCUT2D eigenvalue weighted by Crippen LogP contribution is -2.46. The summed E-state index contributed by atoms with van der Waals surface area (Å²) in [6.07, 6.45) is 9.13. The van der Waals surface area contributed by atoms with Crippen LogP contribution in [0.3, 0.4) is 0 Å². The van der Waals surface area contributed by atoms with Gasteiger partial charge in [-0.1, -0.05) is 13.8 Å². The number of carbonyl (C=O) groups is 2. The fraction of sp³-hybridized carbons (Fsp3) is 0.762. The third kappa shape index (κ3) is 16.1. The summed E-state index contributed by atoms with van der Waals surface area (Å²) < 4.78 is 11.3. The number of amides is 1. The lowest BCUT2D eigenvalue weighted by Gasteiger charge is -2.27. The molecular formula is C21H39NO4. The van der Waals surface area contributed by atoms with Crippen molar-refractivity contribution in [1.82, 2.24) is 5.32 Å². The van der Waals surface area contributed by atoms with Crippen LogP contribution in [0.15, 0.2) is 17.9 Å². The lowest BCUT2D eigenvalue weighted by atomic mass is 10.0. The van der Waals surface area contributed by atoms with Gasteiger partial charge in [-0.05, 0) is 72.0 Å². The fourth-order valence-electron chi connectivity index (χ4n) is 2.30. The Morgan fingerprint density at radius 3 is 2.58 bits per heavy atom. The summed E-state index contributed by atoms with van der Waals surface area (Å²) >= 11 is 0. The van der Waals surface area contributed by atoms with Gasteiger partial charge in [-0.15, -0.1) is 5.73 Å². The Balaban J connectivity index is 0. The van der Waals surface area contributed by atoms with E-state index in [1.54, 1.807) is 0 Å². The van der Waals surface area contributed by atoms with Crippen molar-refractivity contribution in [1.29, 1.82) is 0 Å². The van der Waals surface area contributed by atoms with E-state index in [0.717, 1.165) is 32.1 Å². The number of ether oxygens (including phenoxy) is 2. The van der Waals surface area contributed by atoms with Crippen LogP contribution in [0.5, 0.6) is 0 Å². The maximum absolute atomic E-state index is 12.0. The second-order valence-corrected chi connectivity index (χ2v) is 6.78. The van der Waals surface area contributed by atoms with Crippen LogP contribution in [-0.4, -0.2) is 43.7 Å². The van der Waals surface area contributed by atoms with E-state index in [9.17, 15) is 4.79 Å². The van der Waals surface area contributed by atoms with Gasteiger partial charge in [0.1, 0.15) is 13.4 Å². The summed E-state index contributed by atoms with van der Waals surface area (Å²) in [5.74, 6) is -0.0591. The minimum atomic E-state index is -0.279. The van der Waals surface area contributed by atoms with Crippen LogP contribution in [0.1, 0.15) is 73.6 Å². The van der Waals surface area contributed by atoms with Crippen LogP contribution >= 0.6 is 0 Å². The molecule has 1 unspecified atom stereocenters. The summed E-state index contributed by atoms with van der Waals surface area (Å²) in [4.78, 5) is 20.0. The Hall–Kier alpha value is -1.42. The Labute approximate surface area is 160 Å². The Morgan fingerprint density at radius 1 is 1.31 bits per heavy atom. The topological polar surface area (TPSA) is 64.6 Å². The number of rotatable bonds is 8. The first-order chi connectivity index (χ1) is 12.4. The van der Waals surface area contributed by atoms with E-state index in [2.05, 4.69) is 17.1 Å². The van der Waals surface area contributed by atoms with Crippen LogP contribution in [0, 0.1) is 0 Å². The van der Waals surface area contributed by atoms with Crippen molar-refractivity contribution < 1.29 is 19.1 Å². The van der Waals surface area contributed by atoms with Crippen molar-refractivity contribution >= 4 is 12.7 Å². The molecule has 1 aliphatic carbocycles. The molecule has 0 bridgehead atoms. The molecular weight excluding hydrogens is 330 g/mol. The van der Waals surface area contributed by atoms with Gasteiger partial charge in [0.05, 0.1) is 12.2 Å². The second kappa shape index (κ2) is 17.0. The number of carbonyl (C=O) groups excluding carboxylic acids is 2. The maximum atomic E-state index is 12.0. The van der Waals surface area contributed by atoms with E-state index >= 15 is 0 Å². The minimum Gasteiger partial charge on any atom is -0.379 e. The Kier molecular flexibility index (Phi) is 17.5. The van der Waals surface area contributed by atoms with Crippen molar-refractivity contribution in [2.45, 2.75) is 91.4 Å². The first kappa shape index (κ1) is 26.8. The zero-order valence-electron chi connectivity index (χ0n) is 17.6. The van der Waals surface area contributed by atoms with Gasteiger partial charge in [-0.3, -0.25) is 4.79 Å². The molecule has 1 amide bonds. The van der Waals surface area contributed by atoms with Crippen molar-refractivity contribution in [3.8, 4) is 0 Å². The van der Waals surface area contributed by atoms with Crippen LogP contribution in [0.4, 0.5) is 0 Å². The molecule has 0 aromatic heterocycles. The van der Waals surface area contributed by atoms with Gasteiger partial charge in [0.2, 0.25) is 5.91 Å². The monoisotopic (exact) mass is 369 g/mol. The summed E-state index contributed by atoms with van der Waals surface area (Å²) in [5, 5.41) is 3.02. The predicted octanol–water partition coefficient (Wildman–Crippen LogP) is 4.21. The summed E-state index contributed by atoms with van der Waals surface area (Å²) in [6, 6.07) is 0. The number of hydrogen-bond acceptors (Lipinski definition) is 4. The van der Waals surface area contributed by atoms with E-state index in [-0.39, 0.29) is 30.3 Å². The van der Waals surface area contributed by atoms with Crippen LogP contribution in [0.2, 0.25) is 0 Å². The third-order valence-electron chi connectivity index (χ3n) is 3.60. The highest BCUT2D eigenvalue weighted by Gasteiger charge is 2.21. The Bertz CT molecular complexity index is 412. The molecule has 0 heterocycles. The van der Waals surface area contributed by atoms with Gasteiger partial charge in [0.15, 0.2) is 0 Å². The van der Waals surface area contributed by atoms with E-state index in [1.807, 2.05) is 54.4 Å². The zero-order valence-corrected chi connectivity index (χ0v) is 17.6. The average molecular weight is 370 g/mol. The Morgan fingerprint density at radius 2 is 1.96 bits per heavy atom. The zero-order chi connectivity index (χ0) is 20.4. The van der Waals surface area contributed by atoms with Crippen molar-refractivity contribution in [2.24, 2.45) is 0 Å².